The number of benzene rings is 1. The third-order valence-electron chi connectivity index (χ3n) is 4.23. The molecule has 0 spiro atoms. The van der Waals surface area contributed by atoms with Crippen molar-refractivity contribution >= 4 is 0 Å². The van der Waals surface area contributed by atoms with Crippen molar-refractivity contribution in [3.8, 4) is 0 Å². The van der Waals surface area contributed by atoms with Crippen LogP contribution in [0.3, 0.4) is 0 Å². The molecule has 0 saturated heterocycles. The first kappa shape index (κ1) is 18.2. The van der Waals surface area contributed by atoms with Crippen molar-refractivity contribution in [3.63, 3.8) is 0 Å². The fourth-order valence-electron chi connectivity index (χ4n) is 2.89. The number of hydrogen-bond acceptors (Lipinski definition) is 2. The van der Waals surface area contributed by atoms with Crippen molar-refractivity contribution in [2.24, 2.45) is 5.92 Å². The lowest BCUT2D eigenvalue weighted by atomic mass is 9.74. The second-order valence-electron chi connectivity index (χ2n) is 6.33. The van der Waals surface area contributed by atoms with Gasteiger partial charge in [0, 0.05) is 25.2 Å². The van der Waals surface area contributed by atoms with Gasteiger partial charge in [0.1, 0.15) is 0 Å². The minimum atomic E-state index is 0.229. The number of rotatable bonds is 11. The summed E-state index contributed by atoms with van der Waals surface area (Å²) in [5.41, 5.74) is 1.69. The minimum absolute atomic E-state index is 0.229. The van der Waals surface area contributed by atoms with E-state index in [0.29, 0.717) is 5.92 Å². The van der Waals surface area contributed by atoms with Gasteiger partial charge in [-0.05, 0) is 44.2 Å². The van der Waals surface area contributed by atoms with Crippen LogP contribution in [0.5, 0.6) is 0 Å². The average molecular weight is 291 g/mol. The van der Waals surface area contributed by atoms with Gasteiger partial charge in [0.15, 0.2) is 0 Å². The summed E-state index contributed by atoms with van der Waals surface area (Å²) in [5, 5.41) is 3.68. The molecule has 0 aromatic heterocycles. The maximum atomic E-state index is 5.53. The van der Waals surface area contributed by atoms with Crippen LogP contribution in [-0.4, -0.2) is 26.3 Å². The molecule has 0 aliphatic heterocycles. The van der Waals surface area contributed by atoms with E-state index in [0.717, 1.165) is 39.1 Å². The van der Waals surface area contributed by atoms with Gasteiger partial charge in [0.2, 0.25) is 0 Å². The van der Waals surface area contributed by atoms with Crippen LogP contribution in [0.4, 0.5) is 0 Å². The molecule has 0 saturated carbocycles. The summed E-state index contributed by atoms with van der Waals surface area (Å²) in [5.74, 6) is 0.693. The fraction of sp³-hybridized carbons (Fsp3) is 0.684. The Balaban J connectivity index is 2.74. The lowest BCUT2D eigenvalue weighted by Crippen LogP contribution is -2.39. The summed E-state index contributed by atoms with van der Waals surface area (Å²) in [4.78, 5) is 0. The first-order valence-electron chi connectivity index (χ1n) is 8.48. The standard InChI is InChI=1S/C19H33NO/c1-5-19(13-10-14-21-6-2,16-20-15-17(3)4)18-11-8-7-9-12-18/h7-9,11-12,17,20H,5-6,10,13-16H2,1-4H3. The van der Waals surface area contributed by atoms with Crippen LogP contribution < -0.4 is 5.32 Å². The van der Waals surface area contributed by atoms with E-state index in [9.17, 15) is 0 Å². The minimum Gasteiger partial charge on any atom is -0.382 e. The summed E-state index contributed by atoms with van der Waals surface area (Å²) in [6.07, 6.45) is 3.47. The average Bonchev–Trinajstić information content (AvgIpc) is 2.50. The van der Waals surface area contributed by atoms with Gasteiger partial charge in [0.25, 0.3) is 0 Å². The molecule has 1 rings (SSSR count). The number of nitrogens with one attached hydrogen (secondary N) is 1. The van der Waals surface area contributed by atoms with Gasteiger partial charge < -0.3 is 10.1 Å². The van der Waals surface area contributed by atoms with E-state index in [2.05, 4.69) is 63.3 Å². The molecule has 0 radical (unpaired) electrons. The van der Waals surface area contributed by atoms with E-state index in [1.165, 1.54) is 12.0 Å². The predicted molar refractivity (Wildman–Crippen MR) is 91.8 cm³/mol. The molecule has 1 unspecified atom stereocenters. The molecule has 0 heterocycles. The van der Waals surface area contributed by atoms with Crippen molar-refractivity contribution < 1.29 is 4.74 Å². The second kappa shape index (κ2) is 9.97. The molecule has 0 bridgehead atoms. The van der Waals surface area contributed by atoms with Gasteiger partial charge in [-0.3, -0.25) is 0 Å². The Hall–Kier alpha value is -0.860. The Labute approximate surface area is 131 Å². The van der Waals surface area contributed by atoms with E-state index in [-0.39, 0.29) is 5.41 Å². The summed E-state index contributed by atoms with van der Waals surface area (Å²) in [6, 6.07) is 11.0. The van der Waals surface area contributed by atoms with Crippen molar-refractivity contribution in [2.75, 3.05) is 26.3 Å². The quantitative estimate of drug-likeness (QED) is 0.610. The van der Waals surface area contributed by atoms with Gasteiger partial charge in [-0.2, -0.15) is 0 Å². The highest BCUT2D eigenvalue weighted by molar-refractivity contribution is 5.26. The van der Waals surface area contributed by atoms with Gasteiger partial charge in [-0.15, -0.1) is 0 Å². The monoisotopic (exact) mass is 291 g/mol. The third-order valence-corrected chi connectivity index (χ3v) is 4.23. The van der Waals surface area contributed by atoms with Crippen molar-refractivity contribution in [3.05, 3.63) is 35.9 Å². The van der Waals surface area contributed by atoms with Crippen LogP contribution in [0.15, 0.2) is 30.3 Å². The molecule has 0 aliphatic rings. The Morgan fingerprint density at radius 2 is 1.86 bits per heavy atom. The van der Waals surface area contributed by atoms with Crippen LogP contribution in [-0.2, 0) is 10.2 Å². The van der Waals surface area contributed by atoms with Crippen molar-refractivity contribution in [1.29, 1.82) is 0 Å². The summed E-state index contributed by atoms with van der Waals surface area (Å²) in [6.45, 7) is 12.7. The normalized spacial score (nSPS) is 14.3. The smallest absolute Gasteiger partial charge is 0.0466 e. The third kappa shape index (κ3) is 6.19. The first-order valence-corrected chi connectivity index (χ1v) is 8.48. The molecule has 1 atom stereocenters. The fourth-order valence-corrected chi connectivity index (χ4v) is 2.89. The van der Waals surface area contributed by atoms with Crippen LogP contribution in [0.2, 0.25) is 0 Å². The van der Waals surface area contributed by atoms with Crippen LogP contribution in [0.25, 0.3) is 0 Å². The molecular weight excluding hydrogens is 258 g/mol. The molecule has 120 valence electrons. The van der Waals surface area contributed by atoms with Crippen LogP contribution in [0, 0.1) is 5.92 Å². The van der Waals surface area contributed by atoms with Crippen LogP contribution >= 0.6 is 0 Å². The van der Waals surface area contributed by atoms with Crippen molar-refractivity contribution in [1.82, 2.24) is 5.32 Å². The highest BCUT2D eigenvalue weighted by atomic mass is 16.5. The maximum absolute atomic E-state index is 5.53. The zero-order chi connectivity index (χ0) is 15.6. The molecule has 0 amide bonds. The topological polar surface area (TPSA) is 21.3 Å². The molecule has 1 aromatic rings. The highest BCUT2D eigenvalue weighted by Crippen LogP contribution is 2.32. The molecule has 1 aromatic carbocycles. The zero-order valence-electron chi connectivity index (χ0n) is 14.3. The van der Waals surface area contributed by atoms with E-state index in [1.54, 1.807) is 0 Å². The zero-order valence-corrected chi connectivity index (χ0v) is 14.3. The van der Waals surface area contributed by atoms with Gasteiger partial charge in [-0.1, -0.05) is 51.1 Å². The van der Waals surface area contributed by atoms with E-state index in [4.69, 9.17) is 4.74 Å². The summed E-state index contributed by atoms with van der Waals surface area (Å²) in [7, 11) is 0. The lowest BCUT2D eigenvalue weighted by Gasteiger charge is -2.34. The molecule has 2 heteroatoms. The summed E-state index contributed by atoms with van der Waals surface area (Å²) < 4.78 is 5.53. The Morgan fingerprint density at radius 1 is 1.14 bits per heavy atom. The maximum Gasteiger partial charge on any atom is 0.0466 e. The van der Waals surface area contributed by atoms with E-state index >= 15 is 0 Å². The Bertz CT molecular complexity index is 363. The molecule has 0 aliphatic carbocycles. The van der Waals surface area contributed by atoms with E-state index in [1.807, 2.05) is 0 Å². The van der Waals surface area contributed by atoms with Gasteiger partial charge in [0.05, 0.1) is 0 Å². The Kier molecular flexibility index (Phi) is 8.63. The Morgan fingerprint density at radius 3 is 2.43 bits per heavy atom. The largest absolute Gasteiger partial charge is 0.382 e. The first-order chi connectivity index (χ1) is 10.1. The summed E-state index contributed by atoms with van der Waals surface area (Å²) >= 11 is 0. The molecule has 1 N–H and O–H groups in total. The number of ether oxygens (including phenoxy) is 1. The van der Waals surface area contributed by atoms with Gasteiger partial charge >= 0.3 is 0 Å². The van der Waals surface area contributed by atoms with Crippen LogP contribution in [0.1, 0.15) is 52.5 Å². The van der Waals surface area contributed by atoms with E-state index < -0.39 is 0 Å². The SMILES string of the molecule is CCOCCCC(CC)(CNCC(C)C)c1ccccc1. The van der Waals surface area contributed by atoms with Crippen molar-refractivity contribution in [2.45, 2.75) is 52.4 Å². The second-order valence-corrected chi connectivity index (χ2v) is 6.33. The molecule has 2 nitrogen and oxygen atoms in total. The highest BCUT2D eigenvalue weighted by Gasteiger charge is 2.29. The number of hydrogen-bond donors (Lipinski definition) is 1. The predicted octanol–water partition coefficient (Wildman–Crippen LogP) is 4.40. The molecular formula is C19H33NO. The lowest BCUT2D eigenvalue weighted by molar-refractivity contribution is 0.135. The van der Waals surface area contributed by atoms with Gasteiger partial charge in [-0.25, -0.2) is 0 Å². The molecule has 0 fully saturated rings. The molecule has 21 heavy (non-hydrogen) atoms.